The lowest BCUT2D eigenvalue weighted by Gasteiger charge is -2.24. The molecule has 2 heterocycles. The molecular formula is C25H25N3O4. The van der Waals surface area contributed by atoms with Crippen LogP contribution < -0.4 is 4.74 Å². The second-order valence-electron chi connectivity index (χ2n) is 9.00. The predicted octanol–water partition coefficient (Wildman–Crippen LogP) is 3.63. The van der Waals surface area contributed by atoms with Gasteiger partial charge in [0.25, 0.3) is 5.89 Å². The largest absolute Gasteiger partial charge is 0.493 e. The van der Waals surface area contributed by atoms with E-state index in [1.807, 2.05) is 41.3 Å². The smallest absolute Gasteiger partial charge is 0.258 e. The van der Waals surface area contributed by atoms with Crippen LogP contribution in [-0.4, -0.2) is 45.8 Å². The van der Waals surface area contributed by atoms with Gasteiger partial charge in [-0.25, -0.2) is 0 Å². The van der Waals surface area contributed by atoms with Gasteiger partial charge in [-0.05, 0) is 66.5 Å². The summed E-state index contributed by atoms with van der Waals surface area (Å²) in [5.74, 6) is 2.97. The molecule has 3 aliphatic rings. The fourth-order valence-corrected chi connectivity index (χ4v) is 5.06. The van der Waals surface area contributed by atoms with Crippen LogP contribution in [0.5, 0.6) is 5.75 Å². The summed E-state index contributed by atoms with van der Waals surface area (Å²) >= 11 is 0. The molecule has 0 bridgehead atoms. The molecule has 7 nitrogen and oxygen atoms in total. The van der Waals surface area contributed by atoms with Gasteiger partial charge in [0.05, 0.1) is 19.3 Å². The molecule has 1 aromatic heterocycles. The normalized spacial score (nSPS) is 21.7. The molecule has 0 unspecified atom stereocenters. The maximum absolute atomic E-state index is 12.4. The van der Waals surface area contributed by atoms with Crippen molar-refractivity contribution in [3.63, 3.8) is 0 Å². The number of amides is 1. The number of ether oxygens (including phenoxy) is 1. The Morgan fingerprint density at radius 1 is 1.12 bits per heavy atom. The Labute approximate surface area is 186 Å². The van der Waals surface area contributed by atoms with E-state index >= 15 is 0 Å². The van der Waals surface area contributed by atoms with Crippen LogP contribution in [0.15, 0.2) is 47.0 Å². The average molecular weight is 431 g/mol. The molecule has 0 radical (unpaired) electrons. The molecule has 2 aromatic carbocycles. The van der Waals surface area contributed by atoms with Crippen LogP contribution in [0.3, 0.4) is 0 Å². The molecule has 3 aromatic rings. The fraction of sp³-hybridized carbons (Fsp3) is 0.400. The Hall–Kier alpha value is -3.19. The third-order valence-electron chi connectivity index (χ3n) is 6.83. The molecule has 1 saturated carbocycles. The van der Waals surface area contributed by atoms with Crippen molar-refractivity contribution in [2.45, 2.75) is 31.7 Å². The van der Waals surface area contributed by atoms with Gasteiger partial charge in [0.1, 0.15) is 5.75 Å². The highest BCUT2D eigenvalue weighted by atomic mass is 16.5. The number of likely N-dealkylation sites (tertiary alicyclic amines) is 1. The standard InChI is InChI=1S/C25H25N3O4/c29-11-10-28-22(30)13-17-12-21-19(23(17)28)2-1-3-20(21)24-26-25(32-27-24)16-6-8-18(9-7-16)31-14-15-4-5-15/h1-3,6-9,15,17,23,29H,4-5,10-14H2/t17-,23+/m0/s1. The molecule has 2 atom stereocenters. The van der Waals surface area contributed by atoms with Crippen molar-refractivity contribution < 1.29 is 19.2 Å². The highest BCUT2D eigenvalue weighted by molar-refractivity contribution is 5.81. The van der Waals surface area contributed by atoms with Crippen molar-refractivity contribution >= 4 is 5.91 Å². The van der Waals surface area contributed by atoms with Crippen molar-refractivity contribution in [1.82, 2.24) is 15.0 Å². The Balaban J connectivity index is 1.26. The van der Waals surface area contributed by atoms with Gasteiger partial charge in [0.2, 0.25) is 11.7 Å². The molecule has 7 heteroatoms. The van der Waals surface area contributed by atoms with E-state index in [-0.39, 0.29) is 24.5 Å². The molecule has 164 valence electrons. The lowest BCUT2D eigenvalue weighted by Crippen LogP contribution is -2.30. The van der Waals surface area contributed by atoms with Gasteiger partial charge in [0, 0.05) is 24.1 Å². The third kappa shape index (κ3) is 3.37. The molecule has 1 aliphatic heterocycles. The summed E-state index contributed by atoms with van der Waals surface area (Å²) in [5.41, 5.74) is 4.11. The number of carbonyl (C=O) groups excluding carboxylic acids is 1. The summed E-state index contributed by atoms with van der Waals surface area (Å²) in [7, 11) is 0. The zero-order valence-corrected chi connectivity index (χ0v) is 17.7. The Bertz CT molecular complexity index is 1150. The fourth-order valence-electron chi connectivity index (χ4n) is 5.06. The minimum absolute atomic E-state index is 0.0252. The van der Waals surface area contributed by atoms with Crippen molar-refractivity contribution in [1.29, 1.82) is 0 Å². The minimum atomic E-state index is -0.0252. The van der Waals surface area contributed by atoms with Crippen LogP contribution in [0.25, 0.3) is 22.8 Å². The summed E-state index contributed by atoms with van der Waals surface area (Å²) < 4.78 is 11.4. The summed E-state index contributed by atoms with van der Waals surface area (Å²) in [5, 5.41) is 13.7. The molecule has 2 fully saturated rings. The van der Waals surface area contributed by atoms with E-state index < -0.39 is 0 Å². The molecular weight excluding hydrogens is 406 g/mol. The first-order valence-corrected chi connectivity index (χ1v) is 11.3. The van der Waals surface area contributed by atoms with Crippen LogP contribution in [-0.2, 0) is 11.2 Å². The van der Waals surface area contributed by atoms with E-state index in [1.54, 1.807) is 0 Å². The van der Waals surface area contributed by atoms with Crippen LogP contribution >= 0.6 is 0 Å². The number of hydrogen-bond donors (Lipinski definition) is 1. The first-order valence-electron chi connectivity index (χ1n) is 11.3. The van der Waals surface area contributed by atoms with Gasteiger partial charge >= 0.3 is 0 Å². The highest BCUT2D eigenvalue weighted by Crippen LogP contribution is 2.49. The third-order valence-corrected chi connectivity index (χ3v) is 6.83. The topological polar surface area (TPSA) is 88.7 Å². The number of fused-ring (bicyclic) bond motifs is 3. The Morgan fingerprint density at radius 2 is 1.97 bits per heavy atom. The van der Waals surface area contributed by atoms with Crippen LogP contribution in [0, 0.1) is 11.8 Å². The van der Waals surface area contributed by atoms with Gasteiger partial charge in [-0.2, -0.15) is 4.98 Å². The number of β-amino-alcohol motifs (C(OH)–C–C–N with tert-alkyl or cyclic N) is 1. The van der Waals surface area contributed by atoms with E-state index in [1.165, 1.54) is 18.4 Å². The summed E-state index contributed by atoms with van der Waals surface area (Å²) in [6.07, 6.45) is 3.86. The van der Waals surface area contributed by atoms with E-state index in [9.17, 15) is 9.90 Å². The lowest BCUT2D eigenvalue weighted by molar-refractivity contribution is -0.129. The van der Waals surface area contributed by atoms with Gasteiger partial charge in [0.15, 0.2) is 0 Å². The van der Waals surface area contributed by atoms with Gasteiger partial charge in [-0.15, -0.1) is 0 Å². The van der Waals surface area contributed by atoms with E-state index in [0.29, 0.717) is 30.6 Å². The van der Waals surface area contributed by atoms with Crippen molar-refractivity contribution in [3.8, 4) is 28.6 Å². The number of carbonyl (C=O) groups is 1. The summed E-state index contributed by atoms with van der Waals surface area (Å²) in [6, 6.07) is 13.9. The molecule has 32 heavy (non-hydrogen) atoms. The molecule has 1 N–H and O–H groups in total. The monoisotopic (exact) mass is 431 g/mol. The van der Waals surface area contributed by atoms with Crippen LogP contribution in [0.2, 0.25) is 0 Å². The van der Waals surface area contributed by atoms with Crippen molar-refractivity contribution in [2.75, 3.05) is 19.8 Å². The maximum atomic E-state index is 12.4. The second kappa shape index (κ2) is 7.74. The predicted molar refractivity (Wildman–Crippen MR) is 117 cm³/mol. The number of nitrogens with zero attached hydrogens (tertiary/aromatic N) is 3. The Kier molecular flexibility index (Phi) is 4.72. The zero-order chi connectivity index (χ0) is 21.7. The summed E-state index contributed by atoms with van der Waals surface area (Å²) in [6.45, 7) is 1.13. The maximum Gasteiger partial charge on any atom is 0.258 e. The molecule has 6 rings (SSSR count). The molecule has 1 amide bonds. The number of hydrogen-bond acceptors (Lipinski definition) is 6. The SMILES string of the molecule is O=C1C[C@@H]2Cc3c(-c4noc(-c5ccc(OCC6CC6)cc5)n4)cccc3[C@@H]2N1CCO. The molecule has 0 spiro atoms. The number of benzene rings is 2. The van der Waals surface area contributed by atoms with Gasteiger partial charge in [-0.1, -0.05) is 23.4 Å². The zero-order valence-electron chi connectivity index (χ0n) is 17.7. The highest BCUT2D eigenvalue weighted by Gasteiger charge is 2.46. The van der Waals surface area contributed by atoms with Crippen LogP contribution in [0.1, 0.15) is 36.4 Å². The first-order chi connectivity index (χ1) is 15.7. The van der Waals surface area contributed by atoms with E-state index in [2.05, 4.69) is 16.2 Å². The molecule has 2 aliphatic carbocycles. The summed E-state index contributed by atoms with van der Waals surface area (Å²) in [4.78, 5) is 18.9. The quantitative estimate of drug-likeness (QED) is 0.615. The number of rotatable bonds is 7. The average Bonchev–Trinajstić information content (AvgIpc) is 3.25. The van der Waals surface area contributed by atoms with Crippen molar-refractivity contribution in [2.24, 2.45) is 11.8 Å². The van der Waals surface area contributed by atoms with Crippen LogP contribution in [0.4, 0.5) is 0 Å². The number of aromatic nitrogens is 2. The minimum Gasteiger partial charge on any atom is -0.493 e. The van der Waals surface area contributed by atoms with E-state index in [0.717, 1.165) is 35.5 Å². The van der Waals surface area contributed by atoms with Gasteiger partial charge in [-0.3, -0.25) is 4.79 Å². The number of aliphatic hydroxyl groups is 1. The number of aliphatic hydroxyl groups excluding tert-OH is 1. The molecule has 1 saturated heterocycles. The second-order valence-corrected chi connectivity index (χ2v) is 9.00. The lowest BCUT2D eigenvalue weighted by atomic mass is 10.0. The van der Waals surface area contributed by atoms with E-state index in [4.69, 9.17) is 9.26 Å². The van der Waals surface area contributed by atoms with Crippen molar-refractivity contribution in [3.05, 3.63) is 53.6 Å². The van der Waals surface area contributed by atoms with Gasteiger partial charge < -0.3 is 19.3 Å². The Morgan fingerprint density at radius 3 is 2.75 bits per heavy atom. The first kappa shape index (κ1) is 19.5.